The van der Waals surface area contributed by atoms with Gasteiger partial charge in [0, 0.05) is 10.6 Å². The normalized spacial score (nSPS) is 10.6. The molecule has 0 aliphatic rings. The fourth-order valence-corrected chi connectivity index (χ4v) is 1.48. The van der Waals surface area contributed by atoms with Gasteiger partial charge in [0.05, 0.1) is 12.3 Å². The van der Waals surface area contributed by atoms with Gasteiger partial charge in [-0.05, 0) is 37.1 Å². The number of halogens is 1. The summed E-state index contributed by atoms with van der Waals surface area (Å²) >= 11 is 3.38. The van der Waals surface area contributed by atoms with Gasteiger partial charge in [-0.2, -0.15) is 0 Å². The van der Waals surface area contributed by atoms with Crippen molar-refractivity contribution < 1.29 is 9.57 Å². The average molecular weight is 287 g/mol. The maximum atomic E-state index is 5.54. The maximum absolute atomic E-state index is 5.54. The third-order valence-electron chi connectivity index (χ3n) is 1.87. The third-order valence-corrected chi connectivity index (χ3v) is 2.43. The molecule has 0 radical (unpaired) electrons. The molecule has 1 rings (SSSR count). The smallest absolute Gasteiger partial charge is 0.119 e. The number of rotatable bonds is 7. The lowest BCUT2D eigenvalue weighted by molar-refractivity contribution is 0.190. The Morgan fingerprint density at radius 3 is 2.56 bits per heavy atom. The zero-order chi connectivity index (χ0) is 11.6. The molecule has 0 fully saturated rings. The Morgan fingerprint density at radius 2 is 1.94 bits per heavy atom. The monoisotopic (exact) mass is 286 g/mol. The first-order valence-corrected chi connectivity index (χ1v) is 6.22. The number of benzene rings is 1. The minimum absolute atomic E-state index is 0.741. The van der Waals surface area contributed by atoms with Crippen LogP contribution in [0.3, 0.4) is 0 Å². The van der Waals surface area contributed by atoms with Gasteiger partial charge < -0.3 is 9.57 Å². The summed E-state index contributed by atoms with van der Waals surface area (Å²) in [5.41, 5.74) is 0.745. The summed E-state index contributed by atoms with van der Waals surface area (Å²) in [7, 11) is 1.46. The summed E-state index contributed by atoms with van der Waals surface area (Å²) in [5, 5.41) is 8.27. The summed E-state index contributed by atoms with van der Waals surface area (Å²) in [6, 6.07) is 7.42. The van der Waals surface area contributed by atoms with E-state index in [0.29, 0.717) is 0 Å². The van der Waals surface area contributed by atoms with Crippen LogP contribution >= 0.6 is 15.9 Å². The van der Waals surface area contributed by atoms with Gasteiger partial charge in [0.15, 0.2) is 0 Å². The van der Waals surface area contributed by atoms with Crippen molar-refractivity contribution in [2.75, 3.05) is 19.0 Å². The summed E-state index contributed by atoms with van der Waals surface area (Å²) in [6.07, 6.45) is 2.18. The van der Waals surface area contributed by atoms with E-state index in [1.54, 1.807) is 0 Å². The van der Waals surface area contributed by atoms with Crippen molar-refractivity contribution in [3.05, 3.63) is 24.3 Å². The standard InChI is InChI=1S/C11H15BrN2O2/c1-15-14-13-10-4-6-11(7-5-10)16-9-3-2-8-12/h4-7H,2-3,8-9H2,1H3. The molecule has 0 bridgehead atoms. The minimum atomic E-state index is 0.741. The van der Waals surface area contributed by atoms with Crippen molar-refractivity contribution in [2.24, 2.45) is 10.4 Å². The van der Waals surface area contributed by atoms with Gasteiger partial charge in [0.2, 0.25) is 0 Å². The van der Waals surface area contributed by atoms with Gasteiger partial charge in [-0.25, -0.2) is 0 Å². The molecule has 0 saturated heterocycles. The zero-order valence-electron chi connectivity index (χ0n) is 9.23. The van der Waals surface area contributed by atoms with Crippen LogP contribution in [-0.2, 0) is 4.84 Å². The molecular formula is C11H15BrN2O2. The second-order valence-electron chi connectivity index (χ2n) is 3.10. The minimum Gasteiger partial charge on any atom is -0.494 e. The average Bonchev–Trinajstić information content (AvgIpc) is 2.33. The molecule has 0 unspecified atom stereocenters. The molecule has 0 saturated carbocycles. The molecule has 0 aliphatic carbocycles. The van der Waals surface area contributed by atoms with E-state index in [4.69, 9.17) is 4.74 Å². The first-order valence-electron chi connectivity index (χ1n) is 5.10. The van der Waals surface area contributed by atoms with Crippen LogP contribution in [0.1, 0.15) is 12.8 Å². The van der Waals surface area contributed by atoms with E-state index in [0.717, 1.165) is 36.2 Å². The molecule has 1 aromatic rings. The van der Waals surface area contributed by atoms with E-state index in [-0.39, 0.29) is 0 Å². The molecule has 0 spiro atoms. The number of nitrogens with zero attached hydrogens (tertiary/aromatic N) is 2. The fraction of sp³-hybridized carbons (Fsp3) is 0.455. The highest BCUT2D eigenvalue weighted by molar-refractivity contribution is 9.09. The molecule has 4 nitrogen and oxygen atoms in total. The first-order chi connectivity index (χ1) is 7.86. The van der Waals surface area contributed by atoms with Crippen molar-refractivity contribution in [3.63, 3.8) is 0 Å². The Bertz CT molecular complexity index is 314. The molecule has 0 aromatic heterocycles. The van der Waals surface area contributed by atoms with Gasteiger partial charge in [-0.1, -0.05) is 15.9 Å². The Balaban J connectivity index is 2.36. The first kappa shape index (κ1) is 13.0. The van der Waals surface area contributed by atoms with Crippen LogP contribution in [0.2, 0.25) is 0 Å². The molecule has 1 aromatic carbocycles. The molecule has 16 heavy (non-hydrogen) atoms. The van der Waals surface area contributed by atoms with Crippen LogP contribution in [0.15, 0.2) is 34.7 Å². The highest BCUT2D eigenvalue weighted by Crippen LogP contribution is 2.18. The molecule has 0 N–H and O–H groups in total. The van der Waals surface area contributed by atoms with Crippen LogP contribution in [0.5, 0.6) is 5.75 Å². The molecule has 0 aliphatic heterocycles. The highest BCUT2D eigenvalue weighted by Gasteiger charge is 1.94. The second-order valence-corrected chi connectivity index (χ2v) is 3.90. The largest absolute Gasteiger partial charge is 0.494 e. The van der Waals surface area contributed by atoms with E-state index >= 15 is 0 Å². The van der Waals surface area contributed by atoms with Crippen molar-refractivity contribution in [1.29, 1.82) is 0 Å². The number of ether oxygens (including phenoxy) is 1. The third kappa shape index (κ3) is 5.11. The summed E-state index contributed by atoms with van der Waals surface area (Å²) in [6.45, 7) is 0.741. The van der Waals surface area contributed by atoms with Crippen LogP contribution in [0.4, 0.5) is 5.69 Å². The van der Waals surface area contributed by atoms with Gasteiger partial charge in [0.25, 0.3) is 0 Å². The van der Waals surface area contributed by atoms with Crippen LogP contribution in [0, 0.1) is 0 Å². The van der Waals surface area contributed by atoms with Gasteiger partial charge >= 0.3 is 0 Å². The van der Waals surface area contributed by atoms with E-state index in [1.807, 2.05) is 24.3 Å². The SMILES string of the molecule is CON=Nc1ccc(OCCCCBr)cc1. The van der Waals surface area contributed by atoms with Crippen molar-refractivity contribution in [3.8, 4) is 5.75 Å². The summed E-state index contributed by atoms with van der Waals surface area (Å²) in [5.74, 6) is 0.853. The van der Waals surface area contributed by atoms with Crippen molar-refractivity contribution in [2.45, 2.75) is 12.8 Å². The predicted molar refractivity (Wildman–Crippen MR) is 66.5 cm³/mol. The highest BCUT2D eigenvalue weighted by atomic mass is 79.9. The van der Waals surface area contributed by atoms with Gasteiger partial charge in [-0.3, -0.25) is 0 Å². The summed E-state index contributed by atoms with van der Waals surface area (Å²) in [4.78, 5) is 4.49. The molecule has 5 heteroatoms. The molecule has 88 valence electrons. The zero-order valence-corrected chi connectivity index (χ0v) is 10.8. The molecule has 0 amide bonds. The lowest BCUT2D eigenvalue weighted by atomic mass is 10.3. The number of hydrogen-bond donors (Lipinski definition) is 0. The van der Waals surface area contributed by atoms with E-state index < -0.39 is 0 Å². The van der Waals surface area contributed by atoms with E-state index in [9.17, 15) is 0 Å². The predicted octanol–water partition coefficient (Wildman–Crippen LogP) is 3.89. The van der Waals surface area contributed by atoms with Crippen LogP contribution in [-0.4, -0.2) is 19.0 Å². The summed E-state index contributed by atoms with van der Waals surface area (Å²) < 4.78 is 5.54. The Kier molecular flexibility index (Phi) is 6.56. The van der Waals surface area contributed by atoms with Crippen molar-refractivity contribution >= 4 is 21.6 Å². The number of unbranched alkanes of at least 4 members (excludes halogenated alkanes) is 1. The van der Waals surface area contributed by atoms with Gasteiger partial charge in [-0.15, -0.1) is 5.11 Å². The lowest BCUT2D eigenvalue weighted by Crippen LogP contribution is -1.96. The van der Waals surface area contributed by atoms with Crippen LogP contribution in [0.25, 0.3) is 0 Å². The van der Waals surface area contributed by atoms with E-state index in [2.05, 4.69) is 31.2 Å². The van der Waals surface area contributed by atoms with E-state index in [1.165, 1.54) is 7.11 Å². The fourth-order valence-electron chi connectivity index (χ4n) is 1.08. The van der Waals surface area contributed by atoms with Crippen molar-refractivity contribution in [1.82, 2.24) is 0 Å². The Labute approximate surface area is 104 Å². The number of alkyl halides is 1. The molecule has 0 heterocycles. The molecule has 0 atom stereocenters. The maximum Gasteiger partial charge on any atom is 0.119 e. The number of hydrogen-bond acceptors (Lipinski definition) is 4. The Hall–Kier alpha value is -1.10. The van der Waals surface area contributed by atoms with Gasteiger partial charge in [0.1, 0.15) is 12.9 Å². The lowest BCUT2D eigenvalue weighted by Gasteiger charge is -2.04. The second kappa shape index (κ2) is 8.10. The topological polar surface area (TPSA) is 43.2 Å². The Morgan fingerprint density at radius 1 is 1.19 bits per heavy atom. The molecular weight excluding hydrogens is 272 g/mol. The quantitative estimate of drug-likeness (QED) is 0.330. The van der Waals surface area contributed by atoms with Crippen LogP contribution < -0.4 is 4.74 Å².